The van der Waals surface area contributed by atoms with Gasteiger partial charge in [0.05, 0.1) is 18.2 Å². The predicted molar refractivity (Wildman–Crippen MR) is 105 cm³/mol. The zero-order valence-corrected chi connectivity index (χ0v) is 17.8. The Morgan fingerprint density at radius 1 is 1.00 bits per heavy atom. The van der Waals surface area contributed by atoms with Crippen molar-refractivity contribution < 1.29 is 18.0 Å². The fraction of sp³-hybridized carbons (Fsp3) is 0.895. The van der Waals surface area contributed by atoms with Crippen molar-refractivity contribution in [3.8, 4) is 0 Å². The van der Waals surface area contributed by atoms with Crippen molar-refractivity contribution in [2.75, 3.05) is 65.7 Å². The average molecular weight is 413 g/mol. The number of carbonyl (C=O) groups excluding carboxylic acids is 2. The third-order valence-electron chi connectivity index (χ3n) is 7.67. The second-order valence-electron chi connectivity index (χ2n) is 9.23. The minimum atomic E-state index is -3.34. The molecule has 2 spiro atoms. The van der Waals surface area contributed by atoms with Crippen molar-refractivity contribution in [1.29, 1.82) is 0 Å². The number of sulfonamides is 1. The fourth-order valence-electron chi connectivity index (χ4n) is 5.85. The fourth-order valence-corrected chi connectivity index (χ4v) is 6.79. The second-order valence-corrected chi connectivity index (χ2v) is 11.2. The molecule has 4 aliphatic heterocycles. The van der Waals surface area contributed by atoms with Crippen molar-refractivity contribution in [1.82, 2.24) is 19.0 Å². The van der Waals surface area contributed by atoms with Crippen LogP contribution in [0, 0.1) is 10.8 Å². The number of fused-ring (bicyclic) bond motifs is 1. The molecular weight excluding hydrogens is 380 g/mol. The molecule has 1 atom stereocenters. The predicted octanol–water partition coefficient (Wildman–Crippen LogP) is -0.185. The van der Waals surface area contributed by atoms with Crippen LogP contribution in [0.3, 0.4) is 0 Å². The van der Waals surface area contributed by atoms with E-state index < -0.39 is 15.4 Å². The molecule has 0 aliphatic carbocycles. The number of nitrogens with zero attached hydrogens (tertiary/aromatic N) is 4. The number of piperidine rings is 1. The molecule has 158 valence electrons. The van der Waals surface area contributed by atoms with Crippen LogP contribution in [0.15, 0.2) is 0 Å². The summed E-state index contributed by atoms with van der Waals surface area (Å²) in [4.78, 5) is 31.5. The van der Waals surface area contributed by atoms with Crippen molar-refractivity contribution in [2.24, 2.45) is 10.8 Å². The van der Waals surface area contributed by atoms with Crippen LogP contribution in [0.1, 0.15) is 32.1 Å². The Morgan fingerprint density at radius 3 is 2.18 bits per heavy atom. The van der Waals surface area contributed by atoms with Gasteiger partial charge in [0.2, 0.25) is 21.8 Å². The minimum Gasteiger partial charge on any atom is -0.345 e. The SMILES string of the molecule is CN1CCC2(CN(S(C)(=O)=O)CC23CCN(CC(=O)N2CCCC2)CC3)C1=O. The maximum Gasteiger partial charge on any atom is 0.236 e. The summed E-state index contributed by atoms with van der Waals surface area (Å²) in [6, 6.07) is 0. The smallest absolute Gasteiger partial charge is 0.236 e. The molecule has 28 heavy (non-hydrogen) atoms. The lowest BCUT2D eigenvalue weighted by Gasteiger charge is -2.46. The van der Waals surface area contributed by atoms with Crippen LogP contribution in [0.4, 0.5) is 0 Å². The summed E-state index contributed by atoms with van der Waals surface area (Å²) in [6.45, 7) is 5.09. The van der Waals surface area contributed by atoms with Crippen molar-refractivity contribution >= 4 is 21.8 Å². The van der Waals surface area contributed by atoms with Crippen molar-refractivity contribution in [3.05, 3.63) is 0 Å². The van der Waals surface area contributed by atoms with Gasteiger partial charge in [0.1, 0.15) is 0 Å². The van der Waals surface area contributed by atoms with E-state index in [0.717, 1.165) is 58.3 Å². The number of likely N-dealkylation sites (tertiary alicyclic amines) is 3. The summed E-state index contributed by atoms with van der Waals surface area (Å²) in [6.07, 6.45) is 5.69. The summed E-state index contributed by atoms with van der Waals surface area (Å²) in [5, 5.41) is 0. The zero-order chi connectivity index (χ0) is 20.2. The molecule has 1 unspecified atom stereocenters. The van der Waals surface area contributed by atoms with E-state index >= 15 is 0 Å². The summed E-state index contributed by atoms with van der Waals surface area (Å²) >= 11 is 0. The van der Waals surface area contributed by atoms with Crippen molar-refractivity contribution in [3.63, 3.8) is 0 Å². The molecule has 4 rings (SSSR count). The van der Waals surface area contributed by atoms with E-state index in [0.29, 0.717) is 26.2 Å². The summed E-state index contributed by atoms with van der Waals surface area (Å²) < 4.78 is 26.1. The van der Waals surface area contributed by atoms with Gasteiger partial charge >= 0.3 is 0 Å². The third-order valence-corrected chi connectivity index (χ3v) is 8.87. The Labute approximate surface area is 167 Å². The lowest BCUT2D eigenvalue weighted by molar-refractivity contribution is -0.142. The average Bonchev–Trinajstić information content (AvgIpc) is 3.34. The van der Waals surface area contributed by atoms with Gasteiger partial charge in [-0.25, -0.2) is 12.7 Å². The van der Waals surface area contributed by atoms with Crippen LogP contribution in [0.25, 0.3) is 0 Å². The van der Waals surface area contributed by atoms with Crippen molar-refractivity contribution in [2.45, 2.75) is 32.1 Å². The van der Waals surface area contributed by atoms with Crippen LogP contribution in [-0.4, -0.2) is 105 Å². The van der Waals surface area contributed by atoms with Gasteiger partial charge in [-0.05, 0) is 45.2 Å². The van der Waals surface area contributed by atoms with Gasteiger partial charge in [-0.2, -0.15) is 0 Å². The van der Waals surface area contributed by atoms with E-state index in [9.17, 15) is 18.0 Å². The zero-order valence-electron chi connectivity index (χ0n) is 17.0. The first-order chi connectivity index (χ1) is 13.2. The molecule has 0 aromatic carbocycles. The monoisotopic (exact) mass is 412 g/mol. The van der Waals surface area contributed by atoms with Crippen LogP contribution >= 0.6 is 0 Å². The number of amides is 2. The number of carbonyl (C=O) groups is 2. The largest absolute Gasteiger partial charge is 0.345 e. The molecule has 0 saturated carbocycles. The molecule has 0 radical (unpaired) electrons. The van der Waals surface area contributed by atoms with Gasteiger partial charge in [0, 0.05) is 45.2 Å². The molecule has 0 aromatic rings. The quantitative estimate of drug-likeness (QED) is 0.642. The highest BCUT2D eigenvalue weighted by atomic mass is 32.2. The highest BCUT2D eigenvalue weighted by molar-refractivity contribution is 7.88. The van der Waals surface area contributed by atoms with E-state index in [-0.39, 0.29) is 17.2 Å². The van der Waals surface area contributed by atoms with Crippen LogP contribution in [0.2, 0.25) is 0 Å². The van der Waals surface area contributed by atoms with Crippen LogP contribution in [-0.2, 0) is 19.6 Å². The van der Waals surface area contributed by atoms with Gasteiger partial charge in [-0.1, -0.05) is 0 Å². The van der Waals surface area contributed by atoms with Gasteiger partial charge < -0.3 is 9.80 Å². The van der Waals surface area contributed by atoms with E-state index in [2.05, 4.69) is 4.90 Å². The highest BCUT2D eigenvalue weighted by Gasteiger charge is 2.65. The molecule has 4 fully saturated rings. The third kappa shape index (κ3) is 3.15. The van der Waals surface area contributed by atoms with Crippen LogP contribution < -0.4 is 0 Å². The number of hydrogen-bond donors (Lipinski definition) is 0. The molecule has 4 heterocycles. The first-order valence-corrected chi connectivity index (χ1v) is 12.2. The van der Waals surface area contributed by atoms with E-state index in [1.807, 2.05) is 11.9 Å². The second kappa shape index (κ2) is 6.95. The highest BCUT2D eigenvalue weighted by Crippen LogP contribution is 2.58. The molecule has 0 bridgehead atoms. The minimum absolute atomic E-state index is 0.0974. The topological polar surface area (TPSA) is 81.2 Å². The lowest BCUT2D eigenvalue weighted by atomic mass is 9.60. The van der Waals surface area contributed by atoms with E-state index in [1.54, 1.807) is 4.90 Å². The van der Waals surface area contributed by atoms with Gasteiger partial charge in [-0.3, -0.25) is 14.5 Å². The molecule has 4 saturated heterocycles. The molecule has 9 heteroatoms. The Morgan fingerprint density at radius 2 is 1.64 bits per heavy atom. The number of hydrogen-bond acceptors (Lipinski definition) is 5. The van der Waals surface area contributed by atoms with E-state index in [4.69, 9.17) is 0 Å². The molecule has 4 aliphatic rings. The molecule has 0 aromatic heterocycles. The molecule has 8 nitrogen and oxygen atoms in total. The van der Waals surface area contributed by atoms with Gasteiger partial charge in [-0.15, -0.1) is 0 Å². The van der Waals surface area contributed by atoms with Gasteiger partial charge in [0.15, 0.2) is 0 Å². The summed E-state index contributed by atoms with van der Waals surface area (Å²) in [5.41, 5.74) is -0.916. The molecule has 2 amide bonds. The maximum atomic E-state index is 13.1. The maximum absolute atomic E-state index is 13.1. The Hall–Kier alpha value is -1.19. The normalized spacial score (nSPS) is 31.6. The number of rotatable bonds is 3. The Kier molecular flexibility index (Phi) is 4.99. The summed E-state index contributed by atoms with van der Waals surface area (Å²) in [5.74, 6) is 0.296. The Bertz CT molecular complexity index is 756. The first kappa shape index (κ1) is 20.1. The standard InChI is InChI=1S/C19H32N4O4S/c1-20-10-7-19(17(20)25)15-23(28(2,26)27)14-18(19)5-11-21(12-6-18)13-16(24)22-8-3-4-9-22/h3-15H2,1-2H3. The Balaban J connectivity index is 1.50. The molecule has 0 N–H and O–H groups in total. The van der Waals surface area contributed by atoms with E-state index in [1.165, 1.54) is 10.6 Å². The van der Waals surface area contributed by atoms with Gasteiger partial charge in [0.25, 0.3) is 0 Å². The molecular formula is C19H32N4O4S. The lowest BCUT2D eigenvalue weighted by Crippen LogP contribution is -2.53. The first-order valence-electron chi connectivity index (χ1n) is 10.4. The van der Waals surface area contributed by atoms with Crippen LogP contribution in [0.5, 0.6) is 0 Å². The summed E-state index contributed by atoms with van der Waals surface area (Å²) in [7, 11) is -1.52.